The minimum Gasteiger partial charge on any atom is -0.341 e. The van der Waals surface area contributed by atoms with Gasteiger partial charge in [0.2, 0.25) is 5.91 Å². The van der Waals surface area contributed by atoms with Gasteiger partial charge in [-0.05, 0) is 23.3 Å². The highest BCUT2D eigenvalue weighted by molar-refractivity contribution is 5.96. The number of nitrogens with zero attached hydrogens (tertiary/aromatic N) is 1. The van der Waals surface area contributed by atoms with Crippen LogP contribution in [0.3, 0.4) is 0 Å². The molecule has 3 aromatic rings. The van der Waals surface area contributed by atoms with E-state index in [1.807, 2.05) is 60.7 Å². The average Bonchev–Trinajstić information content (AvgIpc) is 2.67. The van der Waals surface area contributed by atoms with E-state index in [4.69, 9.17) is 0 Å². The molecule has 2 amide bonds. The summed E-state index contributed by atoms with van der Waals surface area (Å²) in [6.07, 6.45) is 1.50. The van der Waals surface area contributed by atoms with Crippen molar-refractivity contribution >= 4 is 17.6 Å². The fourth-order valence-electron chi connectivity index (χ4n) is 2.69. The monoisotopic (exact) mass is 345 g/mol. The molecule has 1 aromatic heterocycles. The molecular formula is C21H19N3O2. The Kier molecular flexibility index (Phi) is 5.39. The molecule has 0 saturated carbocycles. The second kappa shape index (κ2) is 8.07. The summed E-state index contributed by atoms with van der Waals surface area (Å²) < 4.78 is 0. The predicted octanol–water partition coefficient (Wildman–Crippen LogP) is 3.56. The first-order chi connectivity index (χ1) is 12.6. The molecule has 1 heterocycles. The number of hydrogen-bond donors (Lipinski definition) is 2. The van der Waals surface area contributed by atoms with E-state index in [0.717, 1.165) is 11.1 Å². The summed E-state index contributed by atoms with van der Waals surface area (Å²) in [6.45, 7) is 1.40. The lowest BCUT2D eigenvalue weighted by molar-refractivity contribution is -0.114. The van der Waals surface area contributed by atoms with Gasteiger partial charge in [0, 0.05) is 18.7 Å². The fraction of sp³-hybridized carbons (Fsp3) is 0.0952. The molecule has 0 unspecified atom stereocenters. The van der Waals surface area contributed by atoms with Crippen LogP contribution in [0.2, 0.25) is 0 Å². The van der Waals surface area contributed by atoms with Crippen LogP contribution >= 0.6 is 0 Å². The van der Waals surface area contributed by atoms with Crippen molar-refractivity contribution in [3.63, 3.8) is 0 Å². The molecule has 0 aliphatic carbocycles. The number of nitrogens with one attached hydrogen (secondary N) is 2. The molecule has 2 N–H and O–H groups in total. The highest BCUT2D eigenvalue weighted by Gasteiger charge is 2.18. The van der Waals surface area contributed by atoms with E-state index in [0.29, 0.717) is 11.4 Å². The molecule has 0 saturated heterocycles. The van der Waals surface area contributed by atoms with Crippen molar-refractivity contribution in [1.82, 2.24) is 10.3 Å². The lowest BCUT2D eigenvalue weighted by atomic mass is 9.98. The molecule has 0 bridgehead atoms. The largest absolute Gasteiger partial charge is 0.341 e. The smallest absolute Gasteiger partial charge is 0.252 e. The van der Waals surface area contributed by atoms with Crippen molar-refractivity contribution < 1.29 is 9.59 Å². The van der Waals surface area contributed by atoms with Crippen molar-refractivity contribution in [2.24, 2.45) is 0 Å². The van der Waals surface area contributed by atoms with Gasteiger partial charge in [0.05, 0.1) is 6.04 Å². The zero-order valence-electron chi connectivity index (χ0n) is 14.3. The molecule has 5 nitrogen and oxygen atoms in total. The second-order valence-electron chi connectivity index (χ2n) is 5.84. The van der Waals surface area contributed by atoms with E-state index in [9.17, 15) is 9.59 Å². The molecule has 2 aromatic carbocycles. The fourth-order valence-corrected chi connectivity index (χ4v) is 2.69. The average molecular weight is 345 g/mol. The second-order valence-corrected chi connectivity index (χ2v) is 5.84. The van der Waals surface area contributed by atoms with Gasteiger partial charge < -0.3 is 10.6 Å². The van der Waals surface area contributed by atoms with Crippen molar-refractivity contribution in [1.29, 1.82) is 0 Å². The Labute approximate surface area is 152 Å². The third kappa shape index (κ3) is 4.33. The van der Waals surface area contributed by atoms with Gasteiger partial charge in [0.15, 0.2) is 0 Å². The molecule has 26 heavy (non-hydrogen) atoms. The number of amides is 2. The number of anilines is 1. The lowest BCUT2D eigenvalue weighted by Crippen LogP contribution is -2.29. The molecule has 0 atom stereocenters. The van der Waals surface area contributed by atoms with Gasteiger partial charge in [-0.25, -0.2) is 4.98 Å². The maximum Gasteiger partial charge on any atom is 0.252 e. The van der Waals surface area contributed by atoms with Gasteiger partial charge in [0.1, 0.15) is 5.82 Å². The van der Waals surface area contributed by atoms with Crippen LogP contribution in [0.15, 0.2) is 79.0 Å². The van der Waals surface area contributed by atoms with E-state index in [1.165, 1.54) is 13.1 Å². The predicted molar refractivity (Wildman–Crippen MR) is 101 cm³/mol. The lowest BCUT2D eigenvalue weighted by Gasteiger charge is -2.20. The van der Waals surface area contributed by atoms with E-state index >= 15 is 0 Å². The number of rotatable bonds is 5. The molecule has 5 heteroatoms. The van der Waals surface area contributed by atoms with Crippen LogP contribution in [0.1, 0.15) is 34.5 Å². The van der Waals surface area contributed by atoms with Gasteiger partial charge in [-0.1, -0.05) is 60.7 Å². The molecule has 0 aliphatic heterocycles. The molecule has 0 spiro atoms. The third-order valence-corrected chi connectivity index (χ3v) is 3.87. The first-order valence-electron chi connectivity index (χ1n) is 8.28. The molecule has 130 valence electrons. The molecule has 3 rings (SSSR count). The summed E-state index contributed by atoms with van der Waals surface area (Å²) in [6, 6.07) is 22.5. The molecular weight excluding hydrogens is 326 g/mol. The Morgan fingerprint density at radius 1 is 0.885 bits per heavy atom. The van der Waals surface area contributed by atoms with Gasteiger partial charge >= 0.3 is 0 Å². The normalized spacial score (nSPS) is 10.4. The Balaban J connectivity index is 1.88. The highest BCUT2D eigenvalue weighted by atomic mass is 16.2. The van der Waals surface area contributed by atoms with Crippen LogP contribution in [0.5, 0.6) is 0 Å². The summed E-state index contributed by atoms with van der Waals surface area (Å²) in [5, 5.41) is 5.65. The first-order valence-corrected chi connectivity index (χ1v) is 8.28. The topological polar surface area (TPSA) is 71.1 Å². The minimum absolute atomic E-state index is 0.235. The third-order valence-electron chi connectivity index (χ3n) is 3.87. The molecule has 0 fully saturated rings. The number of carbonyl (C=O) groups excluding carboxylic acids is 2. The summed E-state index contributed by atoms with van der Waals surface area (Å²) in [4.78, 5) is 28.0. The number of aromatic nitrogens is 1. The maximum atomic E-state index is 12.8. The van der Waals surface area contributed by atoms with Crippen molar-refractivity contribution in [2.45, 2.75) is 13.0 Å². The van der Waals surface area contributed by atoms with Crippen LogP contribution in [-0.4, -0.2) is 16.8 Å². The maximum absolute atomic E-state index is 12.8. The summed E-state index contributed by atoms with van der Waals surface area (Å²) in [7, 11) is 0. The van der Waals surface area contributed by atoms with Crippen molar-refractivity contribution in [3.8, 4) is 0 Å². The van der Waals surface area contributed by atoms with Crippen LogP contribution < -0.4 is 10.6 Å². The molecule has 0 aliphatic rings. The van der Waals surface area contributed by atoms with Crippen LogP contribution in [0, 0.1) is 0 Å². The molecule has 0 radical (unpaired) electrons. The number of carbonyl (C=O) groups is 2. The number of benzene rings is 2. The van der Waals surface area contributed by atoms with Crippen LogP contribution in [0.4, 0.5) is 5.82 Å². The van der Waals surface area contributed by atoms with Gasteiger partial charge in [-0.15, -0.1) is 0 Å². The van der Waals surface area contributed by atoms with Gasteiger partial charge in [0.25, 0.3) is 5.91 Å². The summed E-state index contributed by atoms with van der Waals surface area (Å²) in [5.41, 5.74) is 2.41. The van der Waals surface area contributed by atoms with E-state index in [1.54, 1.807) is 12.1 Å². The quantitative estimate of drug-likeness (QED) is 0.743. The standard InChI is InChI=1S/C21H19N3O2/c1-15(25)23-19-14-18(12-13-22-19)21(26)24-20(16-8-4-2-5-9-16)17-10-6-3-7-11-17/h2-14,20H,1H3,(H,24,26)(H,22,23,25). The Morgan fingerprint density at radius 2 is 1.46 bits per heavy atom. The zero-order valence-corrected chi connectivity index (χ0v) is 14.3. The van der Waals surface area contributed by atoms with Crippen molar-refractivity contribution in [2.75, 3.05) is 5.32 Å². The SMILES string of the molecule is CC(=O)Nc1cc(C(=O)NC(c2ccccc2)c2ccccc2)ccn1. The highest BCUT2D eigenvalue weighted by Crippen LogP contribution is 2.22. The van der Waals surface area contributed by atoms with E-state index in [2.05, 4.69) is 15.6 Å². The van der Waals surface area contributed by atoms with E-state index in [-0.39, 0.29) is 17.9 Å². The Morgan fingerprint density at radius 3 is 2.00 bits per heavy atom. The summed E-state index contributed by atoms with van der Waals surface area (Å²) in [5.74, 6) is -0.126. The Hall–Kier alpha value is -3.47. The van der Waals surface area contributed by atoms with Gasteiger partial charge in [-0.3, -0.25) is 9.59 Å². The number of pyridine rings is 1. The first kappa shape index (κ1) is 17.4. The Bertz CT molecular complexity index is 856. The van der Waals surface area contributed by atoms with Crippen LogP contribution in [0.25, 0.3) is 0 Å². The van der Waals surface area contributed by atoms with Gasteiger partial charge in [-0.2, -0.15) is 0 Å². The van der Waals surface area contributed by atoms with Crippen molar-refractivity contribution in [3.05, 3.63) is 95.7 Å². The zero-order chi connectivity index (χ0) is 18.4. The summed E-state index contributed by atoms with van der Waals surface area (Å²) >= 11 is 0. The number of hydrogen-bond acceptors (Lipinski definition) is 3. The van der Waals surface area contributed by atoms with E-state index < -0.39 is 0 Å². The van der Waals surface area contributed by atoms with Crippen LogP contribution in [-0.2, 0) is 4.79 Å². The minimum atomic E-state index is -0.276.